The van der Waals surface area contributed by atoms with Gasteiger partial charge in [0.05, 0.1) is 6.04 Å². The number of hydrogen-bond donors (Lipinski definition) is 1. The summed E-state index contributed by atoms with van der Waals surface area (Å²) in [6.45, 7) is 12.7. The molecule has 29 heavy (non-hydrogen) atoms. The predicted octanol–water partition coefficient (Wildman–Crippen LogP) is 6.97. The highest BCUT2D eigenvalue weighted by atomic mass is 16.3. The average molecular weight is 404 g/mol. The van der Waals surface area contributed by atoms with Crippen molar-refractivity contribution >= 4 is 0 Å². The first kappa shape index (κ1) is 21.8. The van der Waals surface area contributed by atoms with Crippen LogP contribution in [0, 0.1) is 50.2 Å². The summed E-state index contributed by atoms with van der Waals surface area (Å²) in [5.74, 6) is 3.02. The van der Waals surface area contributed by atoms with Gasteiger partial charge in [-0.2, -0.15) is 4.91 Å². The zero-order chi connectivity index (χ0) is 21.1. The van der Waals surface area contributed by atoms with E-state index in [0.29, 0.717) is 22.9 Å². The third-order valence-electron chi connectivity index (χ3n) is 11.9. The van der Waals surface area contributed by atoms with Crippen molar-refractivity contribution in [2.24, 2.45) is 50.5 Å². The monoisotopic (exact) mass is 403 g/mol. The molecule has 3 heteroatoms. The Bertz CT molecular complexity index is 636. The van der Waals surface area contributed by atoms with Crippen molar-refractivity contribution in [1.29, 1.82) is 0 Å². The average Bonchev–Trinajstić information content (AvgIpc) is 3.15. The van der Waals surface area contributed by atoms with Crippen LogP contribution >= 0.6 is 0 Å². The molecule has 0 aromatic carbocycles. The molecule has 4 rings (SSSR count). The van der Waals surface area contributed by atoms with Crippen molar-refractivity contribution in [3.8, 4) is 0 Å². The molecule has 4 fully saturated rings. The Balaban J connectivity index is 1.66. The van der Waals surface area contributed by atoms with E-state index in [1.54, 1.807) is 0 Å². The van der Waals surface area contributed by atoms with E-state index in [-0.39, 0.29) is 11.5 Å². The number of nitrogens with zero attached hydrogens (tertiary/aromatic N) is 1. The van der Waals surface area contributed by atoms with E-state index in [1.807, 2.05) is 6.92 Å². The molecule has 0 radical (unpaired) electrons. The standard InChI is InChI=1S/C26H45NO2/c1-18-10-14-25(5)22(23(18,3)13-11-19(2)27-29)9-8-20-21-7-6-12-26(21,17-28)16-15-24(20,25)4/h18-22,28H,6-17H2,1-5H3. The number of aliphatic hydroxyl groups is 1. The lowest BCUT2D eigenvalue weighted by atomic mass is 9.34. The van der Waals surface area contributed by atoms with E-state index in [4.69, 9.17) is 0 Å². The maximum atomic E-state index is 11.0. The van der Waals surface area contributed by atoms with Gasteiger partial charge in [-0.05, 0) is 116 Å². The van der Waals surface area contributed by atoms with E-state index in [2.05, 4.69) is 32.9 Å². The predicted molar refractivity (Wildman–Crippen MR) is 120 cm³/mol. The summed E-state index contributed by atoms with van der Waals surface area (Å²) in [5, 5.41) is 13.7. The highest BCUT2D eigenvalue weighted by molar-refractivity contribution is 5.16. The molecular weight excluding hydrogens is 358 g/mol. The molecule has 0 bridgehead atoms. The largest absolute Gasteiger partial charge is 0.396 e. The Hall–Kier alpha value is -0.440. The van der Waals surface area contributed by atoms with E-state index in [1.165, 1.54) is 57.8 Å². The summed E-state index contributed by atoms with van der Waals surface area (Å²) in [5.41, 5.74) is 1.35. The number of fused-ring (bicyclic) bond motifs is 5. The van der Waals surface area contributed by atoms with Crippen LogP contribution in [0.3, 0.4) is 0 Å². The molecule has 0 aromatic rings. The van der Waals surface area contributed by atoms with Crippen LogP contribution in [-0.4, -0.2) is 17.8 Å². The lowest BCUT2D eigenvalue weighted by Gasteiger charge is -2.70. The molecule has 0 heterocycles. The summed E-state index contributed by atoms with van der Waals surface area (Å²) >= 11 is 0. The second kappa shape index (κ2) is 7.31. The first-order valence-corrected chi connectivity index (χ1v) is 12.6. The fraction of sp³-hybridized carbons (Fsp3) is 1.00. The van der Waals surface area contributed by atoms with E-state index in [9.17, 15) is 10.0 Å². The highest BCUT2D eigenvalue weighted by Crippen LogP contribution is 2.74. The normalized spacial score (nSPS) is 52.9. The number of nitroso groups, excluding NO2 is 1. The van der Waals surface area contributed by atoms with Crippen LogP contribution in [0.15, 0.2) is 5.18 Å². The lowest BCUT2D eigenvalue weighted by Crippen LogP contribution is -2.63. The van der Waals surface area contributed by atoms with Crippen molar-refractivity contribution in [2.75, 3.05) is 6.61 Å². The van der Waals surface area contributed by atoms with E-state index < -0.39 is 0 Å². The molecule has 9 unspecified atom stereocenters. The third-order valence-corrected chi connectivity index (χ3v) is 11.9. The van der Waals surface area contributed by atoms with Gasteiger partial charge in [0.1, 0.15) is 0 Å². The lowest BCUT2D eigenvalue weighted by molar-refractivity contribution is -0.217. The summed E-state index contributed by atoms with van der Waals surface area (Å²) in [6.07, 6.45) is 13.9. The second-order valence-corrected chi connectivity index (χ2v) is 12.5. The fourth-order valence-electron chi connectivity index (χ4n) is 9.51. The molecule has 3 nitrogen and oxygen atoms in total. The zero-order valence-electron chi connectivity index (χ0n) is 19.7. The molecular formula is C26H45NO2. The molecule has 4 saturated carbocycles. The second-order valence-electron chi connectivity index (χ2n) is 12.5. The van der Waals surface area contributed by atoms with Crippen LogP contribution in [0.1, 0.15) is 105 Å². The van der Waals surface area contributed by atoms with Crippen LogP contribution < -0.4 is 0 Å². The van der Waals surface area contributed by atoms with Crippen molar-refractivity contribution in [2.45, 2.75) is 111 Å². The van der Waals surface area contributed by atoms with Gasteiger partial charge in [-0.3, -0.25) is 0 Å². The number of rotatable bonds is 5. The molecule has 4 aliphatic rings. The summed E-state index contributed by atoms with van der Waals surface area (Å²) < 4.78 is 0. The Morgan fingerprint density at radius 2 is 1.72 bits per heavy atom. The third kappa shape index (κ3) is 2.92. The van der Waals surface area contributed by atoms with Crippen molar-refractivity contribution in [3.63, 3.8) is 0 Å². The Kier molecular flexibility index (Phi) is 5.49. The van der Waals surface area contributed by atoms with Crippen LogP contribution in [-0.2, 0) is 0 Å². The first-order valence-electron chi connectivity index (χ1n) is 12.6. The van der Waals surface area contributed by atoms with Gasteiger partial charge in [0.15, 0.2) is 0 Å². The van der Waals surface area contributed by atoms with Gasteiger partial charge in [-0.1, -0.05) is 39.3 Å². The van der Waals surface area contributed by atoms with Gasteiger partial charge in [0, 0.05) is 6.61 Å². The Morgan fingerprint density at radius 1 is 0.966 bits per heavy atom. The molecule has 166 valence electrons. The van der Waals surface area contributed by atoms with Crippen LogP contribution in [0.5, 0.6) is 0 Å². The van der Waals surface area contributed by atoms with Crippen molar-refractivity contribution in [1.82, 2.24) is 0 Å². The van der Waals surface area contributed by atoms with Crippen molar-refractivity contribution in [3.05, 3.63) is 4.91 Å². The van der Waals surface area contributed by atoms with Crippen molar-refractivity contribution < 1.29 is 5.11 Å². The molecule has 0 aliphatic heterocycles. The van der Waals surface area contributed by atoms with Gasteiger partial charge < -0.3 is 5.11 Å². The molecule has 0 amide bonds. The molecule has 0 aromatic heterocycles. The van der Waals surface area contributed by atoms with E-state index in [0.717, 1.165) is 36.5 Å². The van der Waals surface area contributed by atoms with Gasteiger partial charge in [0.2, 0.25) is 0 Å². The minimum Gasteiger partial charge on any atom is -0.396 e. The zero-order valence-corrected chi connectivity index (χ0v) is 19.7. The molecule has 0 saturated heterocycles. The molecule has 9 atom stereocenters. The number of hydrogen-bond acceptors (Lipinski definition) is 3. The maximum Gasteiger partial charge on any atom is 0.0891 e. The van der Waals surface area contributed by atoms with Crippen LogP contribution in [0.25, 0.3) is 0 Å². The Labute approximate surface area is 178 Å². The minimum absolute atomic E-state index is 0.0579. The van der Waals surface area contributed by atoms with Crippen LogP contribution in [0.2, 0.25) is 0 Å². The summed E-state index contributed by atoms with van der Waals surface area (Å²) in [6, 6.07) is -0.0579. The van der Waals surface area contributed by atoms with Gasteiger partial charge >= 0.3 is 0 Å². The smallest absolute Gasteiger partial charge is 0.0891 e. The molecule has 1 N–H and O–H groups in total. The van der Waals surface area contributed by atoms with E-state index >= 15 is 0 Å². The highest BCUT2D eigenvalue weighted by Gasteiger charge is 2.67. The summed E-state index contributed by atoms with van der Waals surface area (Å²) in [7, 11) is 0. The summed E-state index contributed by atoms with van der Waals surface area (Å²) in [4.78, 5) is 11.0. The molecule has 0 spiro atoms. The Morgan fingerprint density at radius 3 is 2.41 bits per heavy atom. The SMILES string of the molecule is CC(CCC1(C)C(C)CCC2(C)C1CCC1C3CCCC3(CO)CCC12C)N=O. The van der Waals surface area contributed by atoms with Crippen LogP contribution in [0.4, 0.5) is 0 Å². The molecule has 4 aliphatic carbocycles. The maximum absolute atomic E-state index is 11.0. The van der Waals surface area contributed by atoms with Gasteiger partial charge in [-0.15, -0.1) is 0 Å². The quantitative estimate of drug-likeness (QED) is 0.504. The topological polar surface area (TPSA) is 49.7 Å². The minimum atomic E-state index is -0.0579. The fourth-order valence-corrected chi connectivity index (χ4v) is 9.51. The number of aliphatic hydroxyl groups excluding tert-OH is 1. The first-order chi connectivity index (χ1) is 13.7. The van der Waals surface area contributed by atoms with Gasteiger partial charge in [-0.25, -0.2) is 0 Å². The van der Waals surface area contributed by atoms with Gasteiger partial charge in [0.25, 0.3) is 0 Å².